The van der Waals surface area contributed by atoms with Crippen molar-refractivity contribution < 1.29 is 4.74 Å². The molecule has 1 aliphatic heterocycles. The molecule has 3 heteroatoms. The summed E-state index contributed by atoms with van der Waals surface area (Å²) in [5.74, 6) is 0. The molecule has 0 fully saturated rings. The maximum atomic E-state index is 5.50. The van der Waals surface area contributed by atoms with Crippen LogP contribution in [0.4, 0.5) is 0 Å². The molecular weight excluding hydrogens is 140 g/mol. The van der Waals surface area contributed by atoms with Gasteiger partial charge in [-0.2, -0.15) is 0 Å². The van der Waals surface area contributed by atoms with E-state index >= 15 is 0 Å². The Labute approximate surface area is 66.0 Å². The van der Waals surface area contributed by atoms with Crippen LogP contribution < -0.4 is 0 Å². The van der Waals surface area contributed by atoms with Crippen LogP contribution in [0.5, 0.6) is 0 Å². The van der Waals surface area contributed by atoms with E-state index < -0.39 is 0 Å². The molecule has 2 rings (SSSR count). The lowest BCUT2D eigenvalue weighted by atomic mass is 10.3. The molecule has 1 aromatic heterocycles. The van der Waals surface area contributed by atoms with Crippen molar-refractivity contribution >= 4 is 0 Å². The summed E-state index contributed by atoms with van der Waals surface area (Å²) in [6.07, 6.45) is 5.11. The number of ether oxygens (including phenoxy) is 1. The van der Waals surface area contributed by atoms with E-state index in [0.717, 1.165) is 19.6 Å². The molecule has 0 aliphatic carbocycles. The van der Waals surface area contributed by atoms with Gasteiger partial charge in [0.05, 0.1) is 19.0 Å². The first-order valence-corrected chi connectivity index (χ1v) is 3.97. The van der Waals surface area contributed by atoms with Crippen LogP contribution in [0.15, 0.2) is 12.5 Å². The number of rotatable bonds is 0. The fraction of sp³-hybridized carbons (Fsp3) is 0.625. The average molecular weight is 152 g/mol. The summed E-state index contributed by atoms with van der Waals surface area (Å²) in [5.41, 5.74) is 1.29. The highest BCUT2D eigenvalue weighted by Gasteiger charge is 2.11. The van der Waals surface area contributed by atoms with Gasteiger partial charge in [0.25, 0.3) is 0 Å². The third kappa shape index (κ3) is 1.28. The van der Waals surface area contributed by atoms with E-state index in [4.69, 9.17) is 4.74 Å². The lowest BCUT2D eigenvalue weighted by Gasteiger charge is -2.08. The maximum absolute atomic E-state index is 5.50. The van der Waals surface area contributed by atoms with Crippen LogP contribution in [-0.2, 0) is 17.7 Å². The van der Waals surface area contributed by atoms with Crippen molar-refractivity contribution in [2.24, 2.45) is 0 Å². The van der Waals surface area contributed by atoms with Gasteiger partial charge in [0.2, 0.25) is 0 Å². The number of imidazole rings is 1. The van der Waals surface area contributed by atoms with Gasteiger partial charge in [-0.05, 0) is 6.92 Å². The van der Waals surface area contributed by atoms with E-state index in [1.165, 1.54) is 5.69 Å². The minimum absolute atomic E-state index is 0.324. The van der Waals surface area contributed by atoms with Crippen molar-refractivity contribution in [3.8, 4) is 0 Å². The van der Waals surface area contributed by atoms with E-state index in [-0.39, 0.29) is 0 Å². The summed E-state index contributed by atoms with van der Waals surface area (Å²) in [6.45, 7) is 3.86. The molecule has 2 heterocycles. The van der Waals surface area contributed by atoms with Crippen molar-refractivity contribution in [3.63, 3.8) is 0 Å². The third-order valence-corrected chi connectivity index (χ3v) is 2.01. The molecule has 0 saturated carbocycles. The van der Waals surface area contributed by atoms with Gasteiger partial charge in [0, 0.05) is 24.9 Å². The topological polar surface area (TPSA) is 27.1 Å². The van der Waals surface area contributed by atoms with Crippen molar-refractivity contribution in [3.05, 3.63) is 18.2 Å². The Morgan fingerprint density at radius 1 is 1.73 bits per heavy atom. The smallest absolute Gasteiger partial charge is 0.0949 e. The normalized spacial score (nSPS) is 24.3. The van der Waals surface area contributed by atoms with Gasteiger partial charge in [0.15, 0.2) is 0 Å². The second-order valence-corrected chi connectivity index (χ2v) is 2.97. The number of hydrogen-bond acceptors (Lipinski definition) is 2. The lowest BCUT2D eigenvalue weighted by Crippen LogP contribution is -2.13. The first-order valence-electron chi connectivity index (χ1n) is 3.97. The second-order valence-electron chi connectivity index (χ2n) is 2.97. The van der Waals surface area contributed by atoms with Crippen LogP contribution in [0.1, 0.15) is 12.6 Å². The second kappa shape index (κ2) is 2.66. The first kappa shape index (κ1) is 6.85. The Bertz CT molecular complexity index is 244. The fourth-order valence-corrected chi connectivity index (χ4v) is 1.42. The van der Waals surface area contributed by atoms with E-state index in [1.54, 1.807) is 0 Å². The van der Waals surface area contributed by atoms with Crippen LogP contribution in [0.2, 0.25) is 0 Å². The van der Waals surface area contributed by atoms with Gasteiger partial charge in [-0.25, -0.2) is 4.98 Å². The zero-order valence-corrected chi connectivity index (χ0v) is 6.66. The van der Waals surface area contributed by atoms with Crippen LogP contribution in [-0.4, -0.2) is 22.3 Å². The Hall–Kier alpha value is -0.830. The van der Waals surface area contributed by atoms with Gasteiger partial charge in [-0.15, -0.1) is 0 Å². The average Bonchev–Trinajstić information content (AvgIpc) is 2.31. The van der Waals surface area contributed by atoms with E-state index in [2.05, 4.69) is 16.5 Å². The Morgan fingerprint density at radius 3 is 3.55 bits per heavy atom. The quantitative estimate of drug-likeness (QED) is 0.551. The molecule has 0 bridgehead atoms. The highest BCUT2D eigenvalue weighted by atomic mass is 16.5. The van der Waals surface area contributed by atoms with E-state index in [9.17, 15) is 0 Å². The molecule has 1 aliphatic rings. The van der Waals surface area contributed by atoms with Gasteiger partial charge in [-0.3, -0.25) is 0 Å². The SMILES string of the molecule is CC1Cn2cncc2CCO1. The van der Waals surface area contributed by atoms with Gasteiger partial charge in [0.1, 0.15) is 0 Å². The van der Waals surface area contributed by atoms with Crippen LogP contribution in [0.3, 0.4) is 0 Å². The Kier molecular flexibility index (Phi) is 1.66. The molecule has 11 heavy (non-hydrogen) atoms. The zero-order valence-electron chi connectivity index (χ0n) is 6.66. The predicted molar refractivity (Wildman–Crippen MR) is 41.3 cm³/mol. The molecular formula is C8H12N2O. The molecule has 0 spiro atoms. The molecule has 0 radical (unpaired) electrons. The van der Waals surface area contributed by atoms with E-state index in [1.807, 2.05) is 12.5 Å². The number of hydrogen-bond donors (Lipinski definition) is 0. The minimum Gasteiger partial charge on any atom is -0.376 e. The molecule has 1 unspecified atom stereocenters. The minimum atomic E-state index is 0.324. The van der Waals surface area contributed by atoms with Crippen LogP contribution in [0.25, 0.3) is 0 Å². The Morgan fingerprint density at radius 2 is 2.64 bits per heavy atom. The Balaban J connectivity index is 2.26. The molecule has 0 amide bonds. The summed E-state index contributed by atoms with van der Waals surface area (Å²) >= 11 is 0. The first-order chi connectivity index (χ1) is 5.36. The monoisotopic (exact) mass is 152 g/mol. The standard InChI is InChI=1S/C8H12N2O/c1-7-5-10-6-9-4-8(10)2-3-11-7/h4,6-7H,2-3,5H2,1H3. The number of aromatic nitrogens is 2. The maximum Gasteiger partial charge on any atom is 0.0949 e. The fourth-order valence-electron chi connectivity index (χ4n) is 1.42. The highest BCUT2D eigenvalue weighted by molar-refractivity contribution is 4.99. The summed E-state index contributed by atoms with van der Waals surface area (Å²) in [4.78, 5) is 4.09. The van der Waals surface area contributed by atoms with Gasteiger partial charge < -0.3 is 9.30 Å². The largest absolute Gasteiger partial charge is 0.376 e. The number of nitrogens with zero attached hydrogens (tertiary/aromatic N) is 2. The van der Waals surface area contributed by atoms with Crippen LogP contribution >= 0.6 is 0 Å². The summed E-state index contributed by atoms with van der Waals surface area (Å²) in [5, 5.41) is 0. The van der Waals surface area contributed by atoms with Crippen LogP contribution in [0, 0.1) is 0 Å². The number of fused-ring (bicyclic) bond motifs is 1. The molecule has 60 valence electrons. The molecule has 0 aromatic carbocycles. The van der Waals surface area contributed by atoms with Crippen molar-refractivity contribution in [2.45, 2.75) is 26.0 Å². The van der Waals surface area contributed by atoms with E-state index in [0.29, 0.717) is 6.10 Å². The lowest BCUT2D eigenvalue weighted by molar-refractivity contribution is 0.0664. The molecule has 3 nitrogen and oxygen atoms in total. The predicted octanol–water partition coefficient (Wildman–Crippen LogP) is 0.844. The molecule has 1 aromatic rings. The molecule has 0 N–H and O–H groups in total. The molecule has 0 saturated heterocycles. The van der Waals surface area contributed by atoms with Crippen molar-refractivity contribution in [2.75, 3.05) is 6.61 Å². The highest BCUT2D eigenvalue weighted by Crippen LogP contribution is 2.08. The summed E-state index contributed by atoms with van der Waals surface area (Å²) < 4.78 is 7.66. The van der Waals surface area contributed by atoms with Gasteiger partial charge in [-0.1, -0.05) is 0 Å². The summed E-state index contributed by atoms with van der Waals surface area (Å²) in [6, 6.07) is 0. The van der Waals surface area contributed by atoms with Crippen molar-refractivity contribution in [1.82, 2.24) is 9.55 Å². The third-order valence-electron chi connectivity index (χ3n) is 2.01. The van der Waals surface area contributed by atoms with Gasteiger partial charge >= 0.3 is 0 Å². The zero-order chi connectivity index (χ0) is 7.68. The van der Waals surface area contributed by atoms with Crippen molar-refractivity contribution in [1.29, 1.82) is 0 Å². The molecule has 1 atom stereocenters. The summed E-state index contributed by atoms with van der Waals surface area (Å²) in [7, 11) is 0.